The molecule has 0 aromatic carbocycles. The maximum atomic E-state index is 12.5. The van der Waals surface area contributed by atoms with Crippen molar-refractivity contribution in [3.8, 4) is 0 Å². The monoisotopic (exact) mass is 321 g/mol. The molecule has 0 spiro atoms. The molecule has 0 radical (unpaired) electrons. The van der Waals surface area contributed by atoms with Gasteiger partial charge in [-0.15, -0.1) is 11.3 Å². The lowest BCUT2D eigenvalue weighted by atomic mass is 9.88. The van der Waals surface area contributed by atoms with Crippen molar-refractivity contribution in [3.63, 3.8) is 0 Å². The maximum absolute atomic E-state index is 12.5. The molecule has 3 nitrogen and oxygen atoms in total. The van der Waals surface area contributed by atoms with Crippen molar-refractivity contribution in [2.45, 2.75) is 32.4 Å². The van der Waals surface area contributed by atoms with E-state index in [1.165, 1.54) is 11.3 Å². The second-order valence-electron chi connectivity index (χ2n) is 5.46. The van der Waals surface area contributed by atoms with Crippen LogP contribution in [-0.4, -0.2) is 41.8 Å². The molecular weight excluding hydrogens is 303 g/mol. The molecule has 1 aliphatic rings. The van der Waals surface area contributed by atoms with E-state index in [1.807, 2.05) is 0 Å². The van der Waals surface area contributed by atoms with E-state index in [-0.39, 0.29) is 6.54 Å². The van der Waals surface area contributed by atoms with Crippen LogP contribution in [0, 0.1) is 5.92 Å². The molecule has 1 aliphatic carbocycles. The fourth-order valence-corrected chi connectivity index (χ4v) is 3.85. The van der Waals surface area contributed by atoms with Gasteiger partial charge < -0.3 is 10.0 Å². The zero-order valence-corrected chi connectivity index (χ0v) is 12.6. The number of carbonyl (C=O) groups excluding carboxylic acids is 1. The standard InChI is InChI=1S/C14H18F3NO2S/c1-9-2-3-10-11(7-21-12(10)6-9)13(20)18(4-5-19)8-14(15,16)17/h7,9,19H,2-6,8H2,1H3. The summed E-state index contributed by atoms with van der Waals surface area (Å²) in [6, 6.07) is 0. The Morgan fingerprint density at radius 1 is 1.52 bits per heavy atom. The SMILES string of the molecule is CC1CCc2c(C(=O)N(CCO)CC(F)(F)F)csc2C1. The van der Waals surface area contributed by atoms with Crippen molar-refractivity contribution in [2.24, 2.45) is 5.92 Å². The molecule has 1 amide bonds. The molecule has 1 heterocycles. The van der Waals surface area contributed by atoms with E-state index in [1.54, 1.807) is 5.38 Å². The minimum atomic E-state index is -4.46. The molecule has 1 atom stereocenters. The van der Waals surface area contributed by atoms with Crippen LogP contribution < -0.4 is 0 Å². The topological polar surface area (TPSA) is 40.5 Å². The van der Waals surface area contributed by atoms with Gasteiger partial charge >= 0.3 is 6.18 Å². The van der Waals surface area contributed by atoms with Crippen LogP contribution in [0.2, 0.25) is 0 Å². The molecule has 0 saturated heterocycles. The molecule has 1 aromatic heterocycles. The third kappa shape index (κ3) is 3.97. The summed E-state index contributed by atoms with van der Waals surface area (Å²) in [5.74, 6) is -0.0868. The number of rotatable bonds is 4. The van der Waals surface area contributed by atoms with Crippen LogP contribution in [0.25, 0.3) is 0 Å². The van der Waals surface area contributed by atoms with Gasteiger partial charge in [0.15, 0.2) is 0 Å². The first kappa shape index (κ1) is 16.3. The lowest BCUT2D eigenvalue weighted by Crippen LogP contribution is -2.41. The lowest BCUT2D eigenvalue weighted by Gasteiger charge is -2.24. The third-order valence-electron chi connectivity index (χ3n) is 3.66. The van der Waals surface area contributed by atoms with Crippen LogP contribution in [-0.2, 0) is 12.8 Å². The molecule has 7 heteroatoms. The van der Waals surface area contributed by atoms with Crippen molar-refractivity contribution >= 4 is 17.2 Å². The molecular formula is C14H18F3NO2S. The first-order chi connectivity index (χ1) is 9.81. The van der Waals surface area contributed by atoms with Gasteiger partial charge in [0.25, 0.3) is 5.91 Å². The van der Waals surface area contributed by atoms with Gasteiger partial charge in [-0.3, -0.25) is 4.79 Å². The predicted molar refractivity (Wildman–Crippen MR) is 74.6 cm³/mol. The number of alkyl halides is 3. The highest BCUT2D eigenvalue weighted by atomic mass is 32.1. The second kappa shape index (κ2) is 6.36. The summed E-state index contributed by atoms with van der Waals surface area (Å²) in [7, 11) is 0. The number of halogens is 3. The summed E-state index contributed by atoms with van der Waals surface area (Å²) < 4.78 is 37.6. The molecule has 1 unspecified atom stereocenters. The highest BCUT2D eigenvalue weighted by Crippen LogP contribution is 2.33. The van der Waals surface area contributed by atoms with Gasteiger partial charge in [0.05, 0.1) is 12.2 Å². The summed E-state index contributed by atoms with van der Waals surface area (Å²) >= 11 is 1.45. The lowest BCUT2D eigenvalue weighted by molar-refractivity contribution is -0.141. The van der Waals surface area contributed by atoms with E-state index >= 15 is 0 Å². The molecule has 21 heavy (non-hydrogen) atoms. The normalized spacial score (nSPS) is 18.4. The van der Waals surface area contributed by atoms with E-state index in [0.717, 1.165) is 29.7 Å². The Morgan fingerprint density at radius 2 is 2.24 bits per heavy atom. The minimum Gasteiger partial charge on any atom is -0.395 e. The predicted octanol–water partition coefficient (Wildman–Crippen LogP) is 2.87. The summed E-state index contributed by atoms with van der Waals surface area (Å²) in [5.41, 5.74) is 1.27. The van der Waals surface area contributed by atoms with E-state index in [0.29, 0.717) is 16.4 Å². The number of aliphatic hydroxyl groups is 1. The number of amides is 1. The average molecular weight is 321 g/mol. The molecule has 118 valence electrons. The van der Waals surface area contributed by atoms with Crippen molar-refractivity contribution in [3.05, 3.63) is 21.4 Å². The molecule has 0 fully saturated rings. The molecule has 1 aromatic rings. The van der Waals surface area contributed by atoms with E-state index in [4.69, 9.17) is 5.11 Å². The Kier molecular flexibility index (Phi) is 4.93. The average Bonchev–Trinajstić information content (AvgIpc) is 2.78. The van der Waals surface area contributed by atoms with Crippen molar-refractivity contribution in [1.82, 2.24) is 4.90 Å². The number of carbonyl (C=O) groups is 1. The molecule has 0 saturated carbocycles. The zero-order valence-electron chi connectivity index (χ0n) is 11.7. The number of hydrogen-bond acceptors (Lipinski definition) is 3. The number of fused-ring (bicyclic) bond motifs is 1. The number of nitrogens with zero attached hydrogens (tertiary/aromatic N) is 1. The van der Waals surface area contributed by atoms with Crippen LogP contribution in [0.15, 0.2) is 5.38 Å². The first-order valence-electron chi connectivity index (χ1n) is 6.88. The van der Waals surface area contributed by atoms with Gasteiger partial charge in [-0.25, -0.2) is 0 Å². The van der Waals surface area contributed by atoms with Crippen LogP contribution in [0.4, 0.5) is 13.2 Å². The van der Waals surface area contributed by atoms with Gasteiger partial charge in [-0.2, -0.15) is 13.2 Å². The largest absolute Gasteiger partial charge is 0.406 e. The van der Waals surface area contributed by atoms with Crippen LogP contribution in [0.5, 0.6) is 0 Å². The smallest absolute Gasteiger partial charge is 0.395 e. The maximum Gasteiger partial charge on any atom is 0.406 e. The Balaban J connectivity index is 2.21. The number of thiophene rings is 1. The van der Waals surface area contributed by atoms with Gasteiger partial charge in [-0.05, 0) is 30.7 Å². The van der Waals surface area contributed by atoms with Gasteiger partial charge in [0, 0.05) is 16.8 Å². The highest BCUT2D eigenvalue weighted by molar-refractivity contribution is 7.10. The summed E-state index contributed by atoms with van der Waals surface area (Å²) in [5, 5.41) is 10.6. The molecule has 0 aliphatic heterocycles. The van der Waals surface area contributed by atoms with Gasteiger partial charge in [-0.1, -0.05) is 6.92 Å². The second-order valence-corrected chi connectivity index (χ2v) is 6.43. The van der Waals surface area contributed by atoms with E-state index in [9.17, 15) is 18.0 Å². The molecule has 0 bridgehead atoms. The van der Waals surface area contributed by atoms with E-state index in [2.05, 4.69) is 6.92 Å². The minimum absolute atomic E-state index is 0.306. The molecule has 1 N–H and O–H groups in total. The fourth-order valence-electron chi connectivity index (χ4n) is 2.62. The summed E-state index contributed by atoms with van der Waals surface area (Å²) in [4.78, 5) is 14.1. The van der Waals surface area contributed by atoms with Crippen LogP contribution in [0.1, 0.15) is 34.1 Å². The van der Waals surface area contributed by atoms with Crippen molar-refractivity contribution in [1.29, 1.82) is 0 Å². The fraction of sp³-hybridized carbons (Fsp3) is 0.643. The Bertz CT molecular complexity index is 513. The van der Waals surface area contributed by atoms with Gasteiger partial charge in [0.2, 0.25) is 0 Å². The summed E-state index contributed by atoms with van der Waals surface area (Å²) in [6.45, 7) is 0.0177. The highest BCUT2D eigenvalue weighted by Gasteiger charge is 2.34. The number of aliphatic hydroxyl groups excluding tert-OH is 1. The van der Waals surface area contributed by atoms with Crippen molar-refractivity contribution in [2.75, 3.05) is 19.7 Å². The zero-order chi connectivity index (χ0) is 15.6. The quantitative estimate of drug-likeness (QED) is 0.926. The third-order valence-corrected chi connectivity index (χ3v) is 4.71. The number of hydrogen-bond donors (Lipinski definition) is 1. The summed E-state index contributed by atoms with van der Waals surface area (Å²) in [6.07, 6.45) is -1.90. The van der Waals surface area contributed by atoms with Crippen LogP contribution >= 0.6 is 11.3 Å². The Labute approximate surface area is 125 Å². The van der Waals surface area contributed by atoms with Crippen LogP contribution in [0.3, 0.4) is 0 Å². The Hall–Kier alpha value is -1.08. The van der Waals surface area contributed by atoms with Gasteiger partial charge in [0.1, 0.15) is 6.54 Å². The van der Waals surface area contributed by atoms with Crippen molar-refractivity contribution < 1.29 is 23.1 Å². The van der Waals surface area contributed by atoms with E-state index < -0.39 is 25.2 Å². The first-order valence-corrected chi connectivity index (χ1v) is 7.76. The molecule has 2 rings (SSSR count). The Morgan fingerprint density at radius 3 is 2.86 bits per heavy atom.